The molecule has 0 saturated heterocycles. The number of aromatic hydroxyl groups is 1. The van der Waals surface area contributed by atoms with E-state index in [1.54, 1.807) is 25.3 Å². The fourth-order valence-corrected chi connectivity index (χ4v) is 1.95. The molecule has 1 aromatic carbocycles. The van der Waals surface area contributed by atoms with E-state index in [0.29, 0.717) is 17.3 Å². The van der Waals surface area contributed by atoms with Gasteiger partial charge in [0, 0.05) is 7.05 Å². The number of rotatable bonds is 5. The number of hydrogen-bond acceptors (Lipinski definition) is 4. The number of benzene rings is 1. The summed E-state index contributed by atoms with van der Waals surface area (Å²) in [5, 5.41) is 9.37. The Labute approximate surface area is 134 Å². The van der Waals surface area contributed by atoms with Crippen molar-refractivity contribution in [1.82, 2.24) is 9.55 Å². The Morgan fingerprint density at radius 2 is 2.00 bits per heavy atom. The van der Waals surface area contributed by atoms with Crippen molar-refractivity contribution >= 4 is 5.57 Å². The van der Waals surface area contributed by atoms with Gasteiger partial charge in [-0.05, 0) is 36.8 Å². The van der Waals surface area contributed by atoms with Crippen molar-refractivity contribution in [2.75, 3.05) is 0 Å². The average Bonchev–Trinajstić information content (AvgIpc) is 2.57. The number of nitrogens with zero attached hydrogens (tertiary/aromatic N) is 2. The molecule has 0 unspecified atom stereocenters. The summed E-state index contributed by atoms with van der Waals surface area (Å²) in [7, 11) is 1.56. The van der Waals surface area contributed by atoms with Crippen LogP contribution in [-0.2, 0) is 7.05 Å². The quantitative estimate of drug-likeness (QED) is 0.681. The second-order valence-electron chi connectivity index (χ2n) is 4.87. The van der Waals surface area contributed by atoms with E-state index in [1.165, 1.54) is 4.57 Å². The van der Waals surface area contributed by atoms with Crippen molar-refractivity contribution in [2.24, 2.45) is 7.05 Å². The van der Waals surface area contributed by atoms with E-state index in [1.807, 2.05) is 37.3 Å². The van der Waals surface area contributed by atoms with Gasteiger partial charge in [-0.25, -0.2) is 4.98 Å². The molecule has 2 aromatic rings. The molecular formula is C18H18N2O3. The fourth-order valence-electron chi connectivity index (χ4n) is 1.95. The third-order valence-electron chi connectivity index (χ3n) is 3.18. The van der Waals surface area contributed by atoms with Crippen molar-refractivity contribution in [3.8, 4) is 11.5 Å². The highest BCUT2D eigenvalue weighted by Gasteiger charge is 2.07. The average molecular weight is 310 g/mol. The first-order valence-electron chi connectivity index (χ1n) is 7.02. The van der Waals surface area contributed by atoms with Gasteiger partial charge in [0.15, 0.2) is 5.75 Å². The van der Waals surface area contributed by atoms with Gasteiger partial charge in [0.1, 0.15) is 17.3 Å². The standard InChI is InChI=1S/C18H18N2O3/c1-4-14(23-15-8-6-5-7-9-15)11-10-13(2)17-19-12-16(21)18(22)20(17)3/h4-12,21H,1H2,2-3H3/b13-10+,14-11+. The van der Waals surface area contributed by atoms with Crippen LogP contribution in [0.25, 0.3) is 5.57 Å². The first kappa shape index (κ1) is 16.3. The van der Waals surface area contributed by atoms with Gasteiger partial charge in [0.25, 0.3) is 5.56 Å². The molecule has 118 valence electrons. The van der Waals surface area contributed by atoms with Gasteiger partial charge in [-0.1, -0.05) is 30.9 Å². The molecule has 0 aliphatic rings. The molecule has 0 fully saturated rings. The number of allylic oxidation sites excluding steroid dienone is 4. The third-order valence-corrected chi connectivity index (χ3v) is 3.18. The maximum Gasteiger partial charge on any atom is 0.295 e. The van der Waals surface area contributed by atoms with Crippen LogP contribution in [0.2, 0.25) is 0 Å². The van der Waals surface area contributed by atoms with E-state index in [-0.39, 0.29) is 5.75 Å². The molecule has 0 saturated carbocycles. The Hall–Kier alpha value is -3.08. The molecule has 23 heavy (non-hydrogen) atoms. The first-order valence-corrected chi connectivity index (χ1v) is 7.02. The molecule has 5 heteroatoms. The van der Waals surface area contributed by atoms with Crippen LogP contribution >= 0.6 is 0 Å². The normalized spacial score (nSPS) is 12.1. The minimum absolute atomic E-state index is 0.376. The lowest BCUT2D eigenvalue weighted by Gasteiger charge is -2.08. The van der Waals surface area contributed by atoms with Crippen LogP contribution in [-0.4, -0.2) is 14.7 Å². The van der Waals surface area contributed by atoms with E-state index < -0.39 is 5.56 Å². The van der Waals surface area contributed by atoms with Crippen molar-refractivity contribution in [3.05, 3.63) is 83.3 Å². The van der Waals surface area contributed by atoms with Gasteiger partial charge >= 0.3 is 0 Å². The van der Waals surface area contributed by atoms with Gasteiger partial charge in [0.05, 0.1) is 6.20 Å². The van der Waals surface area contributed by atoms with Crippen LogP contribution in [0.3, 0.4) is 0 Å². The Balaban J connectivity index is 2.27. The number of aromatic nitrogens is 2. The third kappa shape index (κ3) is 3.97. The number of hydrogen-bond donors (Lipinski definition) is 1. The molecule has 0 spiro atoms. The molecule has 1 heterocycles. The van der Waals surface area contributed by atoms with Crippen molar-refractivity contribution < 1.29 is 9.84 Å². The van der Waals surface area contributed by atoms with Crippen molar-refractivity contribution in [1.29, 1.82) is 0 Å². The highest BCUT2D eigenvalue weighted by molar-refractivity contribution is 5.60. The smallest absolute Gasteiger partial charge is 0.295 e. The van der Waals surface area contributed by atoms with Crippen LogP contribution < -0.4 is 10.3 Å². The summed E-state index contributed by atoms with van der Waals surface area (Å²) in [6.45, 7) is 5.54. The summed E-state index contributed by atoms with van der Waals surface area (Å²) in [5.74, 6) is 1.37. The Kier molecular flexibility index (Phi) is 5.15. The van der Waals surface area contributed by atoms with Crippen molar-refractivity contribution in [2.45, 2.75) is 6.92 Å². The van der Waals surface area contributed by atoms with Gasteiger partial charge in [-0.2, -0.15) is 0 Å². The maximum atomic E-state index is 11.7. The summed E-state index contributed by atoms with van der Waals surface area (Å²) in [5.41, 5.74) is 0.261. The minimum Gasteiger partial charge on any atom is -0.502 e. The Bertz CT molecular complexity index is 818. The molecule has 0 amide bonds. The second-order valence-corrected chi connectivity index (χ2v) is 4.87. The lowest BCUT2D eigenvalue weighted by molar-refractivity contribution is 0.445. The molecule has 1 N–H and O–H groups in total. The minimum atomic E-state index is -0.490. The zero-order valence-electron chi connectivity index (χ0n) is 13.1. The van der Waals surface area contributed by atoms with E-state index in [9.17, 15) is 9.90 Å². The van der Waals surface area contributed by atoms with Crippen LogP contribution in [0.4, 0.5) is 0 Å². The second kappa shape index (κ2) is 7.26. The lowest BCUT2D eigenvalue weighted by Crippen LogP contribution is -2.20. The van der Waals surface area contributed by atoms with Gasteiger partial charge in [-0.3, -0.25) is 9.36 Å². The summed E-state index contributed by atoms with van der Waals surface area (Å²) in [6.07, 6.45) is 6.26. The maximum absolute atomic E-state index is 11.7. The van der Waals surface area contributed by atoms with Crippen LogP contribution in [0, 0.1) is 0 Å². The molecule has 0 aliphatic heterocycles. The first-order chi connectivity index (χ1) is 11.0. The molecule has 0 bridgehead atoms. The largest absolute Gasteiger partial charge is 0.502 e. The molecular weight excluding hydrogens is 292 g/mol. The highest BCUT2D eigenvalue weighted by Crippen LogP contribution is 2.15. The van der Waals surface area contributed by atoms with E-state index in [0.717, 1.165) is 11.8 Å². The number of para-hydroxylation sites is 1. The topological polar surface area (TPSA) is 64.4 Å². The van der Waals surface area contributed by atoms with E-state index in [4.69, 9.17) is 4.74 Å². The Morgan fingerprint density at radius 3 is 2.65 bits per heavy atom. The highest BCUT2D eigenvalue weighted by atomic mass is 16.5. The van der Waals surface area contributed by atoms with E-state index in [2.05, 4.69) is 11.6 Å². The molecule has 0 aliphatic carbocycles. The molecule has 0 radical (unpaired) electrons. The Morgan fingerprint density at radius 1 is 1.30 bits per heavy atom. The van der Waals surface area contributed by atoms with Gasteiger partial charge in [0.2, 0.25) is 0 Å². The zero-order chi connectivity index (χ0) is 16.8. The molecule has 0 atom stereocenters. The predicted molar refractivity (Wildman–Crippen MR) is 90.1 cm³/mol. The lowest BCUT2D eigenvalue weighted by atomic mass is 10.2. The predicted octanol–water partition coefficient (Wildman–Crippen LogP) is 3.04. The van der Waals surface area contributed by atoms with E-state index >= 15 is 0 Å². The monoisotopic (exact) mass is 310 g/mol. The van der Waals surface area contributed by atoms with Crippen molar-refractivity contribution in [3.63, 3.8) is 0 Å². The van der Waals surface area contributed by atoms with Gasteiger partial charge < -0.3 is 9.84 Å². The van der Waals surface area contributed by atoms with Crippen LogP contribution in [0.1, 0.15) is 12.7 Å². The SMILES string of the molecule is C=C/C(=C\C=C(/C)c1ncc(O)c(=O)n1C)Oc1ccccc1. The summed E-state index contributed by atoms with van der Waals surface area (Å²) in [6, 6.07) is 9.37. The summed E-state index contributed by atoms with van der Waals surface area (Å²) < 4.78 is 6.98. The molecule has 5 nitrogen and oxygen atoms in total. The van der Waals surface area contributed by atoms with Crippen LogP contribution in [0.5, 0.6) is 11.5 Å². The number of ether oxygens (including phenoxy) is 1. The zero-order valence-corrected chi connectivity index (χ0v) is 13.1. The fraction of sp³-hybridized carbons (Fsp3) is 0.111. The van der Waals surface area contributed by atoms with Gasteiger partial charge in [-0.15, -0.1) is 0 Å². The van der Waals surface area contributed by atoms with Crippen LogP contribution in [0.15, 0.2) is 71.9 Å². The molecule has 1 aromatic heterocycles. The summed E-state index contributed by atoms with van der Waals surface area (Å²) >= 11 is 0. The molecule has 2 rings (SSSR count). The summed E-state index contributed by atoms with van der Waals surface area (Å²) in [4.78, 5) is 15.8.